The molecule has 2 aromatic rings. The summed E-state index contributed by atoms with van der Waals surface area (Å²) >= 11 is 6.12. The van der Waals surface area contributed by atoms with Gasteiger partial charge >= 0.3 is 12.0 Å². The lowest BCUT2D eigenvalue weighted by molar-refractivity contribution is -0.147. The molecule has 2 aromatic carbocycles. The first kappa shape index (κ1) is 21.2. The highest BCUT2D eigenvalue weighted by molar-refractivity contribution is 6.31. The van der Waals surface area contributed by atoms with E-state index in [1.54, 1.807) is 36.4 Å². The Balaban J connectivity index is 1.90. The van der Waals surface area contributed by atoms with E-state index < -0.39 is 30.6 Å². The fourth-order valence-corrected chi connectivity index (χ4v) is 2.83. The number of amides is 3. The third-order valence-corrected chi connectivity index (χ3v) is 4.32. The molecule has 0 bridgehead atoms. The average Bonchev–Trinajstić information content (AvgIpc) is 2.66. The summed E-state index contributed by atoms with van der Waals surface area (Å²) in [7, 11) is 0. The van der Waals surface area contributed by atoms with Crippen molar-refractivity contribution in [3.8, 4) is 0 Å². The smallest absolute Gasteiger partial charge is 0.312 e. The second-order valence-electron chi connectivity index (χ2n) is 6.05. The number of esters is 1. The zero-order chi connectivity index (χ0) is 20.5. The zero-order valence-corrected chi connectivity index (χ0v) is 16.2. The number of nitrogens with one attached hydrogen (secondary N) is 2. The van der Waals surface area contributed by atoms with Gasteiger partial charge < -0.3 is 21.1 Å². The minimum absolute atomic E-state index is 0.217. The van der Waals surface area contributed by atoms with Crippen LogP contribution in [0, 0.1) is 0 Å². The Hall–Kier alpha value is -3.06. The van der Waals surface area contributed by atoms with Crippen LogP contribution in [0.4, 0.5) is 10.5 Å². The Bertz CT molecular complexity index is 840. The molecule has 0 aromatic heterocycles. The highest BCUT2D eigenvalue weighted by Gasteiger charge is 2.21. The maximum absolute atomic E-state index is 12.1. The number of anilines is 1. The summed E-state index contributed by atoms with van der Waals surface area (Å²) < 4.78 is 5.01. The van der Waals surface area contributed by atoms with Gasteiger partial charge in [0.2, 0.25) is 0 Å². The molecule has 28 heavy (non-hydrogen) atoms. The number of nitrogens with two attached hydrogens (primary N) is 1. The number of ether oxygens (including phenoxy) is 1. The maximum Gasteiger partial charge on any atom is 0.312 e. The number of benzene rings is 2. The summed E-state index contributed by atoms with van der Waals surface area (Å²) in [6.07, 6.45) is 0.683. The van der Waals surface area contributed by atoms with Gasteiger partial charge in [0.25, 0.3) is 5.91 Å². The van der Waals surface area contributed by atoms with E-state index in [2.05, 4.69) is 10.6 Å². The molecule has 0 aliphatic heterocycles. The van der Waals surface area contributed by atoms with Gasteiger partial charge in [-0.15, -0.1) is 0 Å². The van der Waals surface area contributed by atoms with E-state index in [9.17, 15) is 14.4 Å². The molecule has 0 saturated heterocycles. The molecular weight excluding hydrogens is 382 g/mol. The highest BCUT2D eigenvalue weighted by atomic mass is 35.5. The van der Waals surface area contributed by atoms with Crippen molar-refractivity contribution in [1.82, 2.24) is 5.32 Å². The lowest BCUT2D eigenvalue weighted by Crippen LogP contribution is -2.35. The van der Waals surface area contributed by atoms with E-state index in [0.717, 1.165) is 12.0 Å². The van der Waals surface area contributed by atoms with Crippen LogP contribution in [0.15, 0.2) is 48.5 Å². The monoisotopic (exact) mass is 403 g/mol. The van der Waals surface area contributed by atoms with Crippen LogP contribution < -0.4 is 16.4 Å². The summed E-state index contributed by atoms with van der Waals surface area (Å²) in [5, 5.41) is 5.48. The topological polar surface area (TPSA) is 111 Å². The summed E-state index contributed by atoms with van der Waals surface area (Å²) in [5.74, 6) is -1.13. The summed E-state index contributed by atoms with van der Waals surface area (Å²) in [6, 6.07) is 12.6. The van der Waals surface area contributed by atoms with E-state index in [-0.39, 0.29) is 6.42 Å². The van der Waals surface area contributed by atoms with Crippen LogP contribution in [-0.4, -0.2) is 24.5 Å². The standard InChI is InChI=1S/C20H22ClN3O4/c1-2-13-7-9-14(10-8-13)23-18(25)12-28-19(26)11-17(24-20(22)27)15-5-3-4-6-16(15)21/h3-10,17H,2,11-12H2,1H3,(H,23,25)(H3,22,24,27)/t17-/m1/s1. The summed E-state index contributed by atoms with van der Waals surface area (Å²) in [6.45, 7) is 1.59. The van der Waals surface area contributed by atoms with Gasteiger partial charge in [-0.1, -0.05) is 48.9 Å². The normalized spacial score (nSPS) is 11.4. The molecule has 2 rings (SSSR count). The van der Waals surface area contributed by atoms with Crippen LogP contribution in [0.2, 0.25) is 5.02 Å². The van der Waals surface area contributed by atoms with Crippen LogP contribution in [0.1, 0.15) is 30.5 Å². The van der Waals surface area contributed by atoms with Crippen molar-refractivity contribution in [2.45, 2.75) is 25.8 Å². The summed E-state index contributed by atoms with van der Waals surface area (Å²) in [5.41, 5.74) is 7.47. The predicted molar refractivity (Wildman–Crippen MR) is 107 cm³/mol. The van der Waals surface area contributed by atoms with Crippen LogP contribution in [0.3, 0.4) is 0 Å². The first-order valence-electron chi connectivity index (χ1n) is 8.73. The number of carbonyl (C=O) groups is 3. The van der Waals surface area contributed by atoms with Crippen LogP contribution in [0.5, 0.6) is 0 Å². The molecule has 1 atom stereocenters. The molecule has 0 spiro atoms. The quantitative estimate of drug-likeness (QED) is 0.588. The third kappa shape index (κ3) is 6.59. The SMILES string of the molecule is CCc1ccc(NC(=O)COC(=O)C[C@@H](NC(N)=O)c2ccccc2Cl)cc1. The Morgan fingerprint density at radius 1 is 1.11 bits per heavy atom. The molecule has 148 valence electrons. The number of primary amides is 1. The van der Waals surface area contributed by atoms with Crippen molar-refractivity contribution in [3.05, 3.63) is 64.7 Å². The van der Waals surface area contributed by atoms with Crippen molar-refractivity contribution in [2.75, 3.05) is 11.9 Å². The number of hydrogen-bond donors (Lipinski definition) is 3. The van der Waals surface area contributed by atoms with Gasteiger partial charge in [0.05, 0.1) is 12.5 Å². The minimum Gasteiger partial charge on any atom is -0.455 e. The van der Waals surface area contributed by atoms with E-state index in [1.165, 1.54) is 0 Å². The first-order chi connectivity index (χ1) is 13.4. The van der Waals surface area contributed by atoms with Gasteiger partial charge in [0.1, 0.15) is 0 Å². The van der Waals surface area contributed by atoms with Crippen molar-refractivity contribution < 1.29 is 19.1 Å². The lowest BCUT2D eigenvalue weighted by Gasteiger charge is -2.18. The maximum atomic E-state index is 12.1. The molecule has 4 N–H and O–H groups in total. The van der Waals surface area contributed by atoms with Crippen molar-refractivity contribution >= 4 is 35.2 Å². The number of carbonyl (C=O) groups excluding carboxylic acids is 3. The van der Waals surface area contributed by atoms with Gasteiger partial charge in [0, 0.05) is 10.7 Å². The molecular formula is C20H22ClN3O4. The summed E-state index contributed by atoms with van der Waals surface area (Å²) in [4.78, 5) is 35.3. The number of aryl methyl sites for hydroxylation is 1. The minimum atomic E-state index is -0.800. The molecule has 0 saturated carbocycles. The highest BCUT2D eigenvalue weighted by Crippen LogP contribution is 2.25. The fraction of sp³-hybridized carbons (Fsp3) is 0.250. The third-order valence-electron chi connectivity index (χ3n) is 3.98. The zero-order valence-electron chi connectivity index (χ0n) is 15.4. The predicted octanol–water partition coefficient (Wildman–Crippen LogP) is 3.18. The van der Waals surface area contributed by atoms with E-state index in [0.29, 0.717) is 16.3 Å². The average molecular weight is 404 g/mol. The molecule has 0 aliphatic rings. The fourth-order valence-electron chi connectivity index (χ4n) is 2.56. The van der Waals surface area contributed by atoms with Gasteiger partial charge in [-0.2, -0.15) is 0 Å². The molecule has 7 nitrogen and oxygen atoms in total. The Morgan fingerprint density at radius 3 is 2.39 bits per heavy atom. The number of urea groups is 1. The van der Waals surface area contributed by atoms with Gasteiger partial charge in [0.15, 0.2) is 6.61 Å². The van der Waals surface area contributed by atoms with Gasteiger partial charge in [-0.05, 0) is 35.7 Å². The first-order valence-corrected chi connectivity index (χ1v) is 9.11. The largest absolute Gasteiger partial charge is 0.455 e. The molecule has 0 fully saturated rings. The van der Waals surface area contributed by atoms with Crippen molar-refractivity contribution in [1.29, 1.82) is 0 Å². The molecule has 0 radical (unpaired) electrons. The Kier molecular flexibility index (Phi) is 7.83. The van der Waals surface area contributed by atoms with Crippen LogP contribution in [-0.2, 0) is 20.7 Å². The Morgan fingerprint density at radius 2 is 1.79 bits per heavy atom. The van der Waals surface area contributed by atoms with Gasteiger partial charge in [-0.3, -0.25) is 9.59 Å². The molecule has 0 aliphatic carbocycles. The Labute approximate surface area is 168 Å². The second-order valence-corrected chi connectivity index (χ2v) is 6.45. The molecule has 0 heterocycles. The number of halogens is 1. The number of hydrogen-bond acceptors (Lipinski definition) is 4. The van der Waals surface area contributed by atoms with Crippen molar-refractivity contribution in [3.63, 3.8) is 0 Å². The molecule has 8 heteroatoms. The van der Waals surface area contributed by atoms with E-state index >= 15 is 0 Å². The molecule has 3 amide bonds. The van der Waals surface area contributed by atoms with Crippen molar-refractivity contribution in [2.24, 2.45) is 5.73 Å². The van der Waals surface area contributed by atoms with Gasteiger partial charge in [-0.25, -0.2) is 4.79 Å². The van der Waals surface area contributed by atoms with E-state index in [1.807, 2.05) is 19.1 Å². The van der Waals surface area contributed by atoms with Crippen LogP contribution in [0.25, 0.3) is 0 Å². The lowest BCUT2D eigenvalue weighted by atomic mass is 10.0. The van der Waals surface area contributed by atoms with E-state index in [4.69, 9.17) is 22.1 Å². The number of rotatable bonds is 8. The van der Waals surface area contributed by atoms with Crippen LogP contribution >= 0.6 is 11.6 Å². The second kappa shape index (κ2) is 10.3. The molecule has 0 unspecified atom stereocenters.